The van der Waals surface area contributed by atoms with Gasteiger partial charge in [0.05, 0.1) is 24.8 Å². The quantitative estimate of drug-likeness (QED) is 0.438. The molecule has 7 heteroatoms. The molecular weight excluding hydrogens is 394 g/mol. The zero-order valence-electron chi connectivity index (χ0n) is 17.7. The van der Waals surface area contributed by atoms with Crippen molar-refractivity contribution in [1.29, 1.82) is 0 Å². The van der Waals surface area contributed by atoms with Crippen LogP contribution in [0.15, 0.2) is 54.4 Å². The van der Waals surface area contributed by atoms with Crippen molar-refractivity contribution in [2.45, 2.75) is 19.4 Å². The van der Waals surface area contributed by atoms with Crippen molar-refractivity contribution in [3.63, 3.8) is 0 Å². The van der Waals surface area contributed by atoms with Crippen LogP contribution < -0.4 is 0 Å². The Bertz CT molecular complexity index is 966. The lowest BCUT2D eigenvalue weighted by Gasteiger charge is -2.31. The zero-order valence-corrected chi connectivity index (χ0v) is 17.7. The van der Waals surface area contributed by atoms with Crippen LogP contribution in [0.1, 0.15) is 29.7 Å². The fourth-order valence-corrected chi connectivity index (χ4v) is 4.13. The van der Waals surface area contributed by atoms with Crippen LogP contribution in [0.4, 0.5) is 0 Å². The van der Waals surface area contributed by atoms with Gasteiger partial charge >= 0.3 is 0 Å². The number of benzene rings is 1. The number of ether oxygens (including phenoxy) is 1. The van der Waals surface area contributed by atoms with Crippen molar-refractivity contribution in [2.75, 3.05) is 39.4 Å². The first-order chi connectivity index (χ1) is 15.1. The smallest absolute Gasteiger partial charge is 0.295 e. The average molecular weight is 421 g/mol. The summed E-state index contributed by atoms with van der Waals surface area (Å²) in [6.07, 6.45) is 4.00. The van der Waals surface area contributed by atoms with E-state index in [9.17, 15) is 14.7 Å². The van der Waals surface area contributed by atoms with Crippen LogP contribution in [0.2, 0.25) is 0 Å². The molecule has 1 atom stereocenters. The maximum atomic E-state index is 13.0. The molecular formula is C24H27N3O4. The Morgan fingerprint density at radius 3 is 2.39 bits per heavy atom. The van der Waals surface area contributed by atoms with Crippen LogP contribution >= 0.6 is 0 Å². The number of pyridine rings is 1. The molecule has 1 aromatic heterocycles. The Kier molecular flexibility index (Phi) is 6.44. The molecule has 0 saturated carbocycles. The molecule has 1 amide bonds. The van der Waals surface area contributed by atoms with Gasteiger partial charge in [-0.25, -0.2) is 0 Å². The number of aliphatic hydroxyl groups excluding tert-OH is 1. The number of aryl methyl sites for hydroxylation is 1. The van der Waals surface area contributed by atoms with Gasteiger partial charge in [-0.3, -0.25) is 19.5 Å². The van der Waals surface area contributed by atoms with Gasteiger partial charge in [0.15, 0.2) is 0 Å². The summed E-state index contributed by atoms with van der Waals surface area (Å²) in [5.41, 5.74) is 2.58. The number of Topliss-reactive ketones (excluding diaryl/α,β-unsaturated/α-hetero) is 1. The number of rotatable bonds is 6. The second-order valence-corrected chi connectivity index (χ2v) is 7.78. The first kappa shape index (κ1) is 21.2. The van der Waals surface area contributed by atoms with Crippen LogP contribution in [-0.2, 0) is 20.7 Å². The lowest BCUT2D eigenvalue weighted by molar-refractivity contribution is -0.140. The van der Waals surface area contributed by atoms with Crippen molar-refractivity contribution < 1.29 is 19.4 Å². The summed E-state index contributed by atoms with van der Waals surface area (Å²) in [5, 5.41) is 11.0. The molecule has 1 aromatic carbocycles. The number of aliphatic hydroxyl groups is 1. The van der Waals surface area contributed by atoms with Crippen LogP contribution in [-0.4, -0.2) is 71.0 Å². The molecule has 31 heavy (non-hydrogen) atoms. The van der Waals surface area contributed by atoms with Crippen LogP contribution in [0.25, 0.3) is 5.76 Å². The summed E-state index contributed by atoms with van der Waals surface area (Å²) >= 11 is 0. The third-order valence-corrected chi connectivity index (χ3v) is 5.96. The number of nitrogens with zero attached hydrogens (tertiary/aromatic N) is 3. The predicted octanol–water partition coefficient (Wildman–Crippen LogP) is 2.40. The van der Waals surface area contributed by atoms with E-state index in [1.165, 1.54) is 5.56 Å². The van der Waals surface area contributed by atoms with E-state index in [0.717, 1.165) is 25.1 Å². The van der Waals surface area contributed by atoms with E-state index in [2.05, 4.69) is 16.8 Å². The fourth-order valence-electron chi connectivity index (χ4n) is 4.13. The molecule has 2 aliphatic rings. The number of hydrogen-bond donors (Lipinski definition) is 1. The molecule has 2 aromatic rings. The van der Waals surface area contributed by atoms with Crippen molar-refractivity contribution in [3.05, 3.63) is 71.1 Å². The van der Waals surface area contributed by atoms with Crippen molar-refractivity contribution in [3.8, 4) is 0 Å². The molecule has 0 aliphatic carbocycles. The molecule has 2 saturated heterocycles. The SMILES string of the molecule is CCc1ccc(C2C(=C(O)c3ccncc3)C(=O)C(=O)N2CCN2CCOCC2)cc1. The molecule has 0 radical (unpaired) electrons. The third kappa shape index (κ3) is 4.38. The number of carbonyl (C=O) groups excluding carboxylic acids is 2. The van der Waals surface area contributed by atoms with Crippen molar-refractivity contribution in [1.82, 2.24) is 14.8 Å². The molecule has 2 aliphatic heterocycles. The number of likely N-dealkylation sites (tertiary alicyclic amines) is 1. The minimum Gasteiger partial charge on any atom is -0.507 e. The first-order valence-corrected chi connectivity index (χ1v) is 10.7. The molecule has 162 valence electrons. The minimum atomic E-state index is -0.652. The maximum absolute atomic E-state index is 13.0. The van der Waals surface area contributed by atoms with E-state index in [0.29, 0.717) is 31.9 Å². The largest absolute Gasteiger partial charge is 0.507 e. The highest BCUT2D eigenvalue weighted by Crippen LogP contribution is 2.39. The van der Waals surface area contributed by atoms with Crippen LogP contribution in [0.5, 0.6) is 0 Å². The highest BCUT2D eigenvalue weighted by Gasteiger charge is 2.46. The van der Waals surface area contributed by atoms with E-state index in [1.54, 1.807) is 29.4 Å². The van der Waals surface area contributed by atoms with Gasteiger partial charge in [0.2, 0.25) is 0 Å². The highest BCUT2D eigenvalue weighted by atomic mass is 16.5. The Morgan fingerprint density at radius 2 is 1.74 bits per heavy atom. The average Bonchev–Trinajstić information content (AvgIpc) is 3.08. The van der Waals surface area contributed by atoms with E-state index in [1.807, 2.05) is 24.3 Å². The number of morpholine rings is 1. The fraction of sp³-hybridized carbons (Fsp3) is 0.375. The number of hydrogen-bond acceptors (Lipinski definition) is 6. The third-order valence-electron chi connectivity index (χ3n) is 5.96. The van der Waals surface area contributed by atoms with Crippen molar-refractivity contribution in [2.24, 2.45) is 0 Å². The molecule has 4 rings (SSSR count). The summed E-state index contributed by atoms with van der Waals surface area (Å²) < 4.78 is 5.40. The summed E-state index contributed by atoms with van der Waals surface area (Å²) in [4.78, 5) is 33.8. The molecule has 1 unspecified atom stereocenters. The lowest BCUT2D eigenvalue weighted by Crippen LogP contribution is -2.42. The molecule has 0 spiro atoms. The number of amides is 1. The molecule has 7 nitrogen and oxygen atoms in total. The molecule has 0 bridgehead atoms. The molecule has 2 fully saturated rings. The van der Waals surface area contributed by atoms with E-state index < -0.39 is 17.7 Å². The predicted molar refractivity (Wildman–Crippen MR) is 116 cm³/mol. The zero-order chi connectivity index (χ0) is 21.8. The lowest BCUT2D eigenvalue weighted by atomic mass is 9.94. The molecule has 3 heterocycles. The second kappa shape index (κ2) is 9.41. The van der Waals surface area contributed by atoms with Gasteiger partial charge in [0, 0.05) is 44.1 Å². The van der Waals surface area contributed by atoms with E-state index in [-0.39, 0.29) is 11.3 Å². The first-order valence-electron chi connectivity index (χ1n) is 10.7. The second-order valence-electron chi connectivity index (χ2n) is 7.78. The van der Waals surface area contributed by atoms with Crippen LogP contribution in [0, 0.1) is 0 Å². The van der Waals surface area contributed by atoms with E-state index in [4.69, 9.17) is 4.74 Å². The maximum Gasteiger partial charge on any atom is 0.295 e. The van der Waals surface area contributed by atoms with Gasteiger partial charge in [0.25, 0.3) is 11.7 Å². The summed E-state index contributed by atoms with van der Waals surface area (Å²) in [5.74, 6) is -1.39. The van der Waals surface area contributed by atoms with Crippen molar-refractivity contribution >= 4 is 17.4 Å². The van der Waals surface area contributed by atoms with Gasteiger partial charge < -0.3 is 14.7 Å². The molecule has 1 N–H and O–H groups in total. The summed E-state index contributed by atoms with van der Waals surface area (Å²) in [6.45, 7) is 6.07. The monoisotopic (exact) mass is 421 g/mol. The Labute approximate surface area is 182 Å². The van der Waals surface area contributed by atoms with E-state index >= 15 is 0 Å². The topological polar surface area (TPSA) is 83.0 Å². The summed E-state index contributed by atoms with van der Waals surface area (Å²) in [7, 11) is 0. The van der Waals surface area contributed by atoms with Gasteiger partial charge in [-0.15, -0.1) is 0 Å². The standard InChI is InChI=1S/C24H27N3O4/c1-2-17-3-5-18(6-4-17)21-20(22(28)19-7-9-25-10-8-19)23(29)24(30)27(21)12-11-26-13-15-31-16-14-26/h3-10,21,28H,2,11-16H2,1H3. The number of aromatic nitrogens is 1. The minimum absolute atomic E-state index is 0.127. The Balaban J connectivity index is 1.72. The van der Waals surface area contributed by atoms with Gasteiger partial charge in [0.1, 0.15) is 5.76 Å². The highest BCUT2D eigenvalue weighted by molar-refractivity contribution is 6.46. The number of ketones is 1. The van der Waals surface area contributed by atoms with Gasteiger partial charge in [-0.05, 0) is 29.7 Å². The Hall–Kier alpha value is -3.03. The van der Waals surface area contributed by atoms with Gasteiger partial charge in [-0.2, -0.15) is 0 Å². The normalized spacial score (nSPS) is 21.6. The number of carbonyl (C=O) groups is 2. The Morgan fingerprint density at radius 1 is 1.06 bits per heavy atom. The van der Waals surface area contributed by atoms with Gasteiger partial charge in [-0.1, -0.05) is 31.2 Å². The summed E-state index contributed by atoms with van der Waals surface area (Å²) in [6, 6.07) is 10.5. The van der Waals surface area contributed by atoms with Crippen LogP contribution in [0.3, 0.4) is 0 Å².